The number of hydrogen-bond acceptors (Lipinski definition) is 0. The molecule has 0 bridgehead atoms. The van der Waals surface area contributed by atoms with E-state index in [1.807, 2.05) is 0 Å². The second-order valence-electron chi connectivity index (χ2n) is 8.16. The molecule has 0 amide bonds. The van der Waals surface area contributed by atoms with E-state index >= 15 is 0 Å². The molecule has 0 N–H and O–H groups in total. The number of alkyl halides is 2. The van der Waals surface area contributed by atoms with E-state index in [9.17, 15) is 0 Å². The van der Waals surface area contributed by atoms with Gasteiger partial charge in [0.15, 0.2) is 0 Å². The Morgan fingerprint density at radius 3 is 0.833 bits per heavy atom. The highest BCUT2D eigenvalue weighted by Crippen LogP contribution is 2.40. The fraction of sp³-hybridized carbons (Fsp3) is 0.500. The van der Waals surface area contributed by atoms with Crippen molar-refractivity contribution < 1.29 is 0 Å². The van der Waals surface area contributed by atoms with Crippen molar-refractivity contribution in [3.63, 3.8) is 0 Å². The fourth-order valence-electron chi connectivity index (χ4n) is 5.77. The van der Waals surface area contributed by atoms with Gasteiger partial charge in [0.2, 0.25) is 0 Å². The smallest absolute Gasteiger partial charge is 0.0289 e. The Kier molecular flexibility index (Phi) is 8.07. The van der Waals surface area contributed by atoms with Crippen LogP contribution < -0.4 is 0 Å². The van der Waals surface area contributed by atoms with Gasteiger partial charge < -0.3 is 0 Å². The Morgan fingerprint density at radius 1 is 0.400 bits per heavy atom. The Hall–Kier alpha value is -0.860. The Morgan fingerprint density at radius 2 is 0.633 bits per heavy atom. The Labute approximate surface area is 200 Å². The minimum atomic E-state index is 0.925. The van der Waals surface area contributed by atoms with Crippen LogP contribution in [-0.4, -0.2) is 0 Å². The summed E-state index contributed by atoms with van der Waals surface area (Å²) in [7, 11) is 0. The fourth-order valence-corrected chi connectivity index (χ4v) is 7.12. The zero-order chi connectivity index (χ0) is 22.0. The molecule has 3 aromatic carbocycles. The zero-order valence-corrected chi connectivity index (χ0v) is 22.7. The maximum Gasteiger partial charge on any atom is 0.0289 e. The van der Waals surface area contributed by atoms with Crippen LogP contribution in [0.3, 0.4) is 0 Å². The first-order chi connectivity index (χ1) is 14.6. The van der Waals surface area contributed by atoms with Crippen molar-refractivity contribution in [1.29, 1.82) is 0 Å². The highest BCUT2D eigenvalue weighted by atomic mass is 79.9. The van der Waals surface area contributed by atoms with Gasteiger partial charge in [-0.25, -0.2) is 0 Å². The molecule has 0 saturated carbocycles. The first-order valence-electron chi connectivity index (χ1n) is 11.8. The maximum absolute atomic E-state index is 3.81. The van der Waals surface area contributed by atoms with E-state index in [1.54, 1.807) is 22.3 Å². The van der Waals surface area contributed by atoms with E-state index in [2.05, 4.69) is 85.5 Å². The molecule has 0 atom stereocenters. The predicted octanol–water partition coefficient (Wildman–Crippen LogP) is 9.16. The van der Waals surface area contributed by atoms with Crippen LogP contribution >= 0.6 is 31.9 Å². The van der Waals surface area contributed by atoms with Gasteiger partial charge in [-0.15, -0.1) is 0 Å². The maximum atomic E-state index is 3.81. The van der Waals surface area contributed by atoms with E-state index in [0.29, 0.717) is 0 Å². The summed E-state index contributed by atoms with van der Waals surface area (Å²) in [6.45, 7) is 13.9. The van der Waals surface area contributed by atoms with Gasteiger partial charge in [-0.05, 0) is 117 Å². The molecule has 3 rings (SSSR count). The lowest BCUT2D eigenvalue weighted by Crippen LogP contribution is -2.07. The molecule has 30 heavy (non-hydrogen) atoms. The summed E-state index contributed by atoms with van der Waals surface area (Å²) >= 11 is 7.62. The standard InChI is InChI=1S/C28H36Br2/c1-7-17-18(8-2)20(10-4)24-14-26-22(12-6)28(16-30)27(15-29)21(11-5)25(26)13-23(24)19(17)9-3/h13-14H,7-12,15-16H2,1-6H3. The predicted molar refractivity (Wildman–Crippen MR) is 143 cm³/mol. The molecule has 0 aliphatic carbocycles. The van der Waals surface area contributed by atoms with Crippen molar-refractivity contribution in [1.82, 2.24) is 0 Å². The van der Waals surface area contributed by atoms with Crippen LogP contribution in [0.2, 0.25) is 0 Å². The van der Waals surface area contributed by atoms with Crippen LogP contribution in [0.1, 0.15) is 86.1 Å². The number of rotatable bonds is 8. The largest absolute Gasteiger partial charge is 0.0876 e. The van der Waals surface area contributed by atoms with E-state index in [1.165, 1.54) is 43.8 Å². The van der Waals surface area contributed by atoms with Gasteiger partial charge in [-0.3, -0.25) is 0 Å². The zero-order valence-electron chi connectivity index (χ0n) is 19.6. The molecular formula is C28H36Br2. The lowest BCUT2D eigenvalue weighted by atomic mass is 9.81. The van der Waals surface area contributed by atoms with E-state index in [4.69, 9.17) is 0 Å². The van der Waals surface area contributed by atoms with Crippen molar-refractivity contribution in [2.45, 2.75) is 90.7 Å². The summed E-state index contributed by atoms with van der Waals surface area (Å²) in [6, 6.07) is 5.12. The van der Waals surface area contributed by atoms with Gasteiger partial charge in [-0.2, -0.15) is 0 Å². The summed E-state index contributed by atoms with van der Waals surface area (Å²) < 4.78 is 0. The topological polar surface area (TPSA) is 0 Å². The van der Waals surface area contributed by atoms with Gasteiger partial charge in [0, 0.05) is 10.7 Å². The average molecular weight is 532 g/mol. The average Bonchev–Trinajstić information content (AvgIpc) is 2.79. The lowest BCUT2D eigenvalue weighted by molar-refractivity contribution is 0.961. The summed E-state index contributed by atoms with van der Waals surface area (Å²) in [5.74, 6) is 0. The third-order valence-electron chi connectivity index (χ3n) is 7.03. The van der Waals surface area contributed by atoms with Crippen LogP contribution in [0.15, 0.2) is 12.1 Å². The normalized spacial score (nSPS) is 11.7. The lowest BCUT2D eigenvalue weighted by Gasteiger charge is -2.24. The Balaban J connectivity index is 2.66. The van der Waals surface area contributed by atoms with Crippen molar-refractivity contribution in [2.24, 2.45) is 0 Å². The first-order valence-corrected chi connectivity index (χ1v) is 14.0. The van der Waals surface area contributed by atoms with Crippen LogP contribution in [-0.2, 0) is 49.2 Å². The van der Waals surface area contributed by atoms with E-state index in [0.717, 1.165) is 49.2 Å². The van der Waals surface area contributed by atoms with Gasteiger partial charge in [0.25, 0.3) is 0 Å². The van der Waals surface area contributed by atoms with Crippen LogP contribution in [0.25, 0.3) is 21.5 Å². The summed E-state index contributed by atoms with van der Waals surface area (Å²) in [5.41, 5.74) is 12.4. The Bertz CT molecular complexity index is 907. The molecule has 0 fully saturated rings. The minimum absolute atomic E-state index is 0.925. The molecule has 0 unspecified atom stereocenters. The SMILES string of the molecule is CCc1c(CC)c(CC)c2cc3c(CC)c(CBr)c(CBr)c(CC)c3cc2c1CC. The molecule has 162 valence electrons. The number of halogens is 2. The highest BCUT2D eigenvalue weighted by molar-refractivity contribution is 9.09. The van der Waals surface area contributed by atoms with E-state index < -0.39 is 0 Å². The third kappa shape index (κ3) is 3.66. The third-order valence-corrected chi connectivity index (χ3v) is 8.15. The number of benzene rings is 3. The number of fused-ring (bicyclic) bond motifs is 2. The van der Waals surface area contributed by atoms with Crippen molar-refractivity contribution in [2.75, 3.05) is 0 Å². The van der Waals surface area contributed by atoms with E-state index in [-0.39, 0.29) is 0 Å². The summed E-state index contributed by atoms with van der Waals surface area (Å²) in [6.07, 6.45) is 6.61. The highest BCUT2D eigenvalue weighted by Gasteiger charge is 2.21. The van der Waals surface area contributed by atoms with Crippen LogP contribution in [0.5, 0.6) is 0 Å². The van der Waals surface area contributed by atoms with Crippen LogP contribution in [0, 0.1) is 0 Å². The molecular weight excluding hydrogens is 496 g/mol. The molecule has 0 aromatic heterocycles. The molecule has 0 aliphatic rings. The second-order valence-corrected chi connectivity index (χ2v) is 9.28. The minimum Gasteiger partial charge on any atom is -0.0876 e. The summed E-state index contributed by atoms with van der Waals surface area (Å²) in [5, 5.41) is 7.80. The van der Waals surface area contributed by atoms with Crippen LogP contribution in [0.4, 0.5) is 0 Å². The molecule has 2 heteroatoms. The molecule has 0 saturated heterocycles. The van der Waals surface area contributed by atoms with Crippen molar-refractivity contribution in [3.05, 3.63) is 56.6 Å². The molecule has 0 heterocycles. The van der Waals surface area contributed by atoms with Gasteiger partial charge in [-0.1, -0.05) is 73.4 Å². The number of aryl methyl sites for hydroxylation is 4. The van der Waals surface area contributed by atoms with Gasteiger partial charge >= 0.3 is 0 Å². The van der Waals surface area contributed by atoms with Crippen molar-refractivity contribution >= 4 is 53.4 Å². The van der Waals surface area contributed by atoms with Crippen molar-refractivity contribution in [3.8, 4) is 0 Å². The van der Waals surface area contributed by atoms with Gasteiger partial charge in [0.1, 0.15) is 0 Å². The van der Waals surface area contributed by atoms with Gasteiger partial charge in [0.05, 0.1) is 0 Å². The molecule has 0 aliphatic heterocycles. The first kappa shape index (κ1) is 23.8. The molecule has 0 radical (unpaired) electrons. The quantitative estimate of drug-likeness (QED) is 0.201. The molecule has 0 nitrogen and oxygen atoms in total. The molecule has 3 aromatic rings. The second kappa shape index (κ2) is 10.2. The number of hydrogen-bond donors (Lipinski definition) is 0. The molecule has 0 spiro atoms. The summed E-state index contributed by atoms with van der Waals surface area (Å²) in [4.78, 5) is 0. The monoisotopic (exact) mass is 530 g/mol.